The van der Waals surface area contributed by atoms with Gasteiger partial charge in [-0.3, -0.25) is 19.2 Å². The minimum Gasteiger partial charge on any atom is -0.354 e. The third kappa shape index (κ3) is 9.54. The number of hydrogen-bond donors (Lipinski definition) is 4. The van der Waals surface area contributed by atoms with E-state index in [0.717, 1.165) is 11.3 Å². The van der Waals surface area contributed by atoms with E-state index in [1.165, 1.54) is 11.2 Å². The fraction of sp³-hybridized carbons (Fsp3) is 0.457. The van der Waals surface area contributed by atoms with Crippen molar-refractivity contribution in [2.75, 3.05) is 19.6 Å². The average molecular weight is 694 g/mol. The molecule has 4 N–H and O–H groups in total. The van der Waals surface area contributed by atoms with Crippen molar-refractivity contribution in [1.82, 2.24) is 35.4 Å². The van der Waals surface area contributed by atoms with Crippen LogP contribution in [0.2, 0.25) is 0 Å². The molecule has 3 aromatic rings. The van der Waals surface area contributed by atoms with E-state index in [0.29, 0.717) is 11.4 Å². The lowest BCUT2D eigenvalue weighted by Gasteiger charge is -2.26. The number of rotatable bonds is 6. The molecule has 0 radical (unpaired) electrons. The van der Waals surface area contributed by atoms with Crippen molar-refractivity contribution >= 4 is 33.7 Å². The zero-order valence-electron chi connectivity index (χ0n) is 28.7. The van der Waals surface area contributed by atoms with E-state index < -0.39 is 51.8 Å². The van der Waals surface area contributed by atoms with Crippen molar-refractivity contribution in [2.24, 2.45) is 5.92 Å². The Balaban J connectivity index is 1.62. The van der Waals surface area contributed by atoms with Gasteiger partial charge in [0.2, 0.25) is 33.7 Å². The highest BCUT2D eigenvalue weighted by atomic mass is 32.2. The molecule has 0 unspecified atom stereocenters. The summed E-state index contributed by atoms with van der Waals surface area (Å²) in [6.07, 6.45) is 0.589. The van der Waals surface area contributed by atoms with Crippen LogP contribution >= 0.6 is 0 Å². The number of amides is 4. The van der Waals surface area contributed by atoms with Crippen LogP contribution in [-0.4, -0.2) is 83.9 Å². The molecule has 49 heavy (non-hydrogen) atoms. The van der Waals surface area contributed by atoms with Crippen LogP contribution in [0, 0.1) is 19.8 Å². The van der Waals surface area contributed by atoms with Crippen molar-refractivity contribution in [3.8, 4) is 5.69 Å². The van der Waals surface area contributed by atoms with Crippen LogP contribution < -0.4 is 21.3 Å². The third-order valence-corrected chi connectivity index (χ3v) is 10.6. The van der Waals surface area contributed by atoms with E-state index in [1.807, 2.05) is 60.7 Å². The molecule has 0 aliphatic carbocycles. The first-order valence-electron chi connectivity index (χ1n) is 16.6. The second kappa shape index (κ2) is 16.7. The zero-order chi connectivity index (χ0) is 35.7. The van der Waals surface area contributed by atoms with Crippen LogP contribution in [0.4, 0.5) is 0 Å². The highest BCUT2D eigenvalue weighted by Crippen LogP contribution is 2.26. The number of aromatic nitrogens is 2. The van der Waals surface area contributed by atoms with Gasteiger partial charge in [0.05, 0.1) is 17.1 Å². The summed E-state index contributed by atoms with van der Waals surface area (Å²) in [5.74, 6) is -2.22. The summed E-state index contributed by atoms with van der Waals surface area (Å²) in [5, 5.41) is 15.5. The molecule has 0 spiro atoms. The van der Waals surface area contributed by atoms with E-state index >= 15 is 0 Å². The van der Waals surface area contributed by atoms with E-state index in [9.17, 15) is 27.6 Å². The molecule has 2 heterocycles. The summed E-state index contributed by atoms with van der Waals surface area (Å²) in [6, 6.07) is 15.5. The van der Waals surface area contributed by atoms with E-state index in [4.69, 9.17) is 0 Å². The first kappa shape index (κ1) is 37.3. The van der Waals surface area contributed by atoms with Crippen LogP contribution in [0.3, 0.4) is 0 Å². The lowest BCUT2D eigenvalue weighted by Crippen LogP contribution is -2.57. The molecule has 0 saturated carbocycles. The second-order valence-corrected chi connectivity index (χ2v) is 14.5. The topological polar surface area (TPSA) is 172 Å². The van der Waals surface area contributed by atoms with Gasteiger partial charge >= 0.3 is 0 Å². The second-order valence-electron chi connectivity index (χ2n) is 12.7. The molecule has 1 aliphatic heterocycles. The molecule has 1 aromatic heterocycles. The lowest BCUT2D eigenvalue weighted by atomic mass is 10.0. The van der Waals surface area contributed by atoms with Gasteiger partial charge < -0.3 is 21.3 Å². The van der Waals surface area contributed by atoms with E-state index in [2.05, 4.69) is 26.4 Å². The average Bonchev–Trinajstić information content (AvgIpc) is 3.38. The number of benzene rings is 2. The molecule has 2 aromatic carbocycles. The summed E-state index contributed by atoms with van der Waals surface area (Å²) in [5.41, 5.74) is 2.32. The Kier molecular flexibility index (Phi) is 12.7. The molecular weight excluding hydrogens is 646 g/mol. The molecule has 1 saturated heterocycles. The Morgan fingerprint density at radius 3 is 2.12 bits per heavy atom. The lowest BCUT2D eigenvalue weighted by molar-refractivity contribution is -0.134. The molecule has 0 bridgehead atoms. The van der Waals surface area contributed by atoms with Gasteiger partial charge in [-0.15, -0.1) is 0 Å². The molecule has 3 atom stereocenters. The highest BCUT2D eigenvalue weighted by molar-refractivity contribution is 7.89. The fourth-order valence-corrected chi connectivity index (χ4v) is 7.69. The van der Waals surface area contributed by atoms with Crippen molar-refractivity contribution in [2.45, 2.75) is 83.3 Å². The number of nitrogens with zero attached hydrogens (tertiary/aromatic N) is 3. The molecular formula is C35H47N7O6S. The van der Waals surface area contributed by atoms with Gasteiger partial charge in [-0.1, -0.05) is 62.4 Å². The van der Waals surface area contributed by atoms with Gasteiger partial charge in [0.25, 0.3) is 0 Å². The summed E-state index contributed by atoms with van der Waals surface area (Å²) in [4.78, 5) is 53.0. The smallest absolute Gasteiger partial charge is 0.246 e. The number of nitrogens with one attached hydrogen (secondary N) is 4. The van der Waals surface area contributed by atoms with Gasteiger partial charge in [-0.2, -0.15) is 9.40 Å². The first-order chi connectivity index (χ1) is 23.3. The normalized spacial score (nSPS) is 21.2. The Morgan fingerprint density at radius 1 is 0.837 bits per heavy atom. The summed E-state index contributed by atoms with van der Waals surface area (Å²) in [7, 11) is -4.08. The molecule has 4 amide bonds. The Labute approximate surface area is 288 Å². The molecule has 13 nitrogen and oxygen atoms in total. The quantitative estimate of drug-likeness (QED) is 0.307. The number of hydrogen-bond acceptors (Lipinski definition) is 7. The Morgan fingerprint density at radius 2 is 1.47 bits per heavy atom. The number of carbonyl (C=O) groups is 4. The van der Waals surface area contributed by atoms with Crippen molar-refractivity contribution in [1.29, 1.82) is 0 Å². The van der Waals surface area contributed by atoms with E-state index in [1.54, 1.807) is 32.4 Å². The molecule has 14 heteroatoms. The number of aryl methyl sites for hydroxylation is 1. The van der Waals surface area contributed by atoms with Crippen LogP contribution in [-0.2, 0) is 35.6 Å². The van der Waals surface area contributed by atoms with Gasteiger partial charge in [-0.25, -0.2) is 13.1 Å². The maximum Gasteiger partial charge on any atom is 0.246 e. The monoisotopic (exact) mass is 693 g/mol. The summed E-state index contributed by atoms with van der Waals surface area (Å²) < 4.78 is 31.4. The molecule has 4 rings (SSSR count). The van der Waals surface area contributed by atoms with Gasteiger partial charge in [0.1, 0.15) is 23.0 Å². The number of para-hydroxylation sites is 1. The third-order valence-electron chi connectivity index (χ3n) is 8.45. The largest absolute Gasteiger partial charge is 0.354 e. The van der Waals surface area contributed by atoms with Gasteiger partial charge in [0, 0.05) is 32.5 Å². The first-order valence-corrected chi connectivity index (χ1v) is 18.1. The van der Waals surface area contributed by atoms with Gasteiger partial charge in [0.15, 0.2) is 0 Å². The van der Waals surface area contributed by atoms with E-state index in [-0.39, 0.29) is 56.1 Å². The summed E-state index contributed by atoms with van der Waals surface area (Å²) in [6.45, 7) is 8.69. The standard InChI is InChI=1S/C35H47N7O6S/c1-23(2)31-35(46)36-19-13-21-41(49(47,48)32-24(3)40-42(26(32)5)28-16-10-7-11-17-28)20-12-18-30(43)38-29(22-27-14-8-6-9-15-27)34(45)37-25(4)33(44)39-31/h6-11,14-17,23,25,29,31H,12-13,18-22H2,1-5H3,(H,36,46)(H,37,45)(H,38,43)(H,39,44)/t25-,29+,31-/m1/s1. The Bertz CT molecular complexity index is 1730. The predicted octanol–water partition coefficient (Wildman–Crippen LogP) is 2.15. The van der Waals surface area contributed by atoms with Crippen molar-refractivity contribution in [3.63, 3.8) is 0 Å². The fourth-order valence-electron chi connectivity index (χ4n) is 5.81. The number of sulfonamides is 1. The van der Waals surface area contributed by atoms with Crippen LogP contribution in [0.1, 0.15) is 57.0 Å². The zero-order valence-corrected chi connectivity index (χ0v) is 29.5. The number of carbonyl (C=O) groups excluding carboxylic acids is 4. The minimum atomic E-state index is -4.08. The van der Waals surface area contributed by atoms with Crippen molar-refractivity contribution in [3.05, 3.63) is 77.6 Å². The summed E-state index contributed by atoms with van der Waals surface area (Å²) >= 11 is 0. The molecule has 1 fully saturated rings. The van der Waals surface area contributed by atoms with Crippen molar-refractivity contribution < 1.29 is 27.6 Å². The SMILES string of the molecule is Cc1nn(-c2ccccc2)c(C)c1S(=O)(=O)N1CCCNC(=O)[C@@H](C(C)C)NC(=O)[C@@H](C)NC(=O)[C@H](Cc2ccccc2)NC(=O)CCC1. The Hall–Kier alpha value is -4.56. The highest BCUT2D eigenvalue weighted by Gasteiger charge is 2.33. The maximum absolute atomic E-state index is 14.2. The molecule has 264 valence electrons. The van der Waals surface area contributed by atoms with Crippen LogP contribution in [0.5, 0.6) is 0 Å². The predicted molar refractivity (Wildman–Crippen MR) is 185 cm³/mol. The van der Waals surface area contributed by atoms with Gasteiger partial charge in [-0.05, 0) is 57.2 Å². The molecule has 1 aliphatic rings. The van der Waals surface area contributed by atoms with Crippen LogP contribution in [0.15, 0.2) is 65.6 Å². The van der Waals surface area contributed by atoms with Crippen LogP contribution in [0.25, 0.3) is 5.69 Å². The maximum atomic E-state index is 14.2. The minimum absolute atomic E-state index is 0.0242.